The van der Waals surface area contributed by atoms with Gasteiger partial charge in [0.25, 0.3) is 5.91 Å². The maximum absolute atomic E-state index is 13.2. The van der Waals surface area contributed by atoms with E-state index >= 15 is 0 Å². The number of nitrogens with one attached hydrogen (secondary N) is 2. The molecule has 178 valence electrons. The minimum absolute atomic E-state index is 0.0752. The smallest absolute Gasteiger partial charge is 0.255 e. The SMILES string of the molecule is CC(C)Nc1cc(-n2ncc3cc(C#N)cnc32)ncc1C(=O)N[C@H]1CC[C@H](C(C)(C)O)CC1. The van der Waals surface area contributed by atoms with E-state index in [4.69, 9.17) is 5.26 Å². The molecule has 0 aliphatic heterocycles. The van der Waals surface area contributed by atoms with Crippen molar-refractivity contribution in [3.63, 3.8) is 0 Å². The lowest BCUT2D eigenvalue weighted by Crippen LogP contribution is -2.42. The van der Waals surface area contributed by atoms with Gasteiger partial charge in [-0.2, -0.15) is 15.0 Å². The summed E-state index contributed by atoms with van der Waals surface area (Å²) in [7, 11) is 0. The Hall–Kier alpha value is -3.51. The van der Waals surface area contributed by atoms with Crippen molar-refractivity contribution in [1.29, 1.82) is 5.26 Å². The molecule has 1 fully saturated rings. The number of anilines is 1. The number of aromatic nitrogens is 4. The van der Waals surface area contributed by atoms with Crippen LogP contribution in [0.15, 0.2) is 30.7 Å². The van der Waals surface area contributed by atoms with Crippen molar-refractivity contribution in [3.05, 3.63) is 41.9 Å². The normalized spacial score (nSPS) is 18.6. The number of pyridine rings is 2. The molecule has 1 aliphatic rings. The molecule has 1 saturated carbocycles. The summed E-state index contributed by atoms with van der Waals surface area (Å²) in [5.74, 6) is 0.607. The Morgan fingerprint density at radius 3 is 2.56 bits per heavy atom. The van der Waals surface area contributed by atoms with Gasteiger partial charge in [-0.1, -0.05) is 0 Å². The number of aliphatic hydroxyl groups is 1. The number of amides is 1. The van der Waals surface area contributed by atoms with Gasteiger partial charge in [0.2, 0.25) is 0 Å². The van der Waals surface area contributed by atoms with Gasteiger partial charge in [0.05, 0.1) is 28.6 Å². The van der Waals surface area contributed by atoms with E-state index in [0.29, 0.717) is 28.3 Å². The van der Waals surface area contributed by atoms with Crippen molar-refractivity contribution in [3.8, 4) is 11.9 Å². The van der Waals surface area contributed by atoms with Crippen LogP contribution < -0.4 is 10.6 Å². The zero-order valence-corrected chi connectivity index (χ0v) is 20.0. The Morgan fingerprint density at radius 1 is 1.18 bits per heavy atom. The van der Waals surface area contributed by atoms with Crippen LogP contribution >= 0.6 is 0 Å². The van der Waals surface area contributed by atoms with E-state index in [1.54, 1.807) is 29.2 Å². The third-order valence-electron chi connectivity index (χ3n) is 6.39. The minimum atomic E-state index is -0.690. The van der Waals surface area contributed by atoms with Crippen LogP contribution in [0, 0.1) is 17.2 Å². The lowest BCUT2D eigenvalue weighted by atomic mass is 9.77. The van der Waals surface area contributed by atoms with E-state index in [1.807, 2.05) is 27.7 Å². The summed E-state index contributed by atoms with van der Waals surface area (Å²) in [4.78, 5) is 22.0. The van der Waals surface area contributed by atoms with E-state index in [-0.39, 0.29) is 23.9 Å². The van der Waals surface area contributed by atoms with Crippen molar-refractivity contribution in [2.75, 3.05) is 5.32 Å². The molecule has 0 radical (unpaired) electrons. The Balaban J connectivity index is 1.57. The van der Waals surface area contributed by atoms with Crippen molar-refractivity contribution >= 4 is 22.6 Å². The first-order valence-corrected chi connectivity index (χ1v) is 11.7. The van der Waals surface area contributed by atoms with Crippen LogP contribution in [0.25, 0.3) is 16.9 Å². The Bertz CT molecular complexity index is 1230. The summed E-state index contributed by atoms with van der Waals surface area (Å²) in [6.07, 6.45) is 8.16. The van der Waals surface area contributed by atoms with Crippen LogP contribution in [-0.4, -0.2) is 48.4 Å². The number of carbonyl (C=O) groups excluding carboxylic acids is 1. The first kappa shape index (κ1) is 23.6. The van der Waals surface area contributed by atoms with Gasteiger partial charge < -0.3 is 15.7 Å². The Kier molecular flexibility index (Phi) is 6.53. The molecule has 0 spiro atoms. The molecule has 0 unspecified atom stereocenters. The molecule has 3 N–H and O–H groups in total. The molecule has 1 aliphatic carbocycles. The van der Waals surface area contributed by atoms with Crippen molar-refractivity contribution in [1.82, 2.24) is 25.1 Å². The average Bonchev–Trinajstić information content (AvgIpc) is 3.21. The van der Waals surface area contributed by atoms with Crippen LogP contribution in [0.5, 0.6) is 0 Å². The quantitative estimate of drug-likeness (QED) is 0.512. The van der Waals surface area contributed by atoms with Gasteiger partial charge in [-0.3, -0.25) is 4.79 Å². The number of rotatable bonds is 6. The molecule has 3 heterocycles. The number of fused-ring (bicyclic) bond motifs is 1. The summed E-state index contributed by atoms with van der Waals surface area (Å²) in [5, 5.41) is 31.0. The number of hydrogen-bond acceptors (Lipinski definition) is 7. The molecule has 4 rings (SSSR count). The van der Waals surface area contributed by atoms with Gasteiger partial charge in [-0.05, 0) is 65.4 Å². The summed E-state index contributed by atoms with van der Waals surface area (Å²) in [5.41, 5.74) is 1.50. The highest BCUT2D eigenvalue weighted by Gasteiger charge is 2.32. The number of nitrogens with zero attached hydrogens (tertiary/aromatic N) is 5. The minimum Gasteiger partial charge on any atom is -0.390 e. The molecule has 0 atom stereocenters. The standard InChI is InChI=1S/C25H31N7O2/c1-15(2)30-21-10-22(32-23-17(13-29-32)9-16(11-26)12-28-23)27-14-20(21)24(33)31-19-7-5-18(6-8-19)25(3,4)34/h9-10,12-15,18-19,34H,5-8H2,1-4H3,(H,27,30)(H,31,33)/t18-,19-. The molecule has 0 saturated heterocycles. The van der Waals surface area contributed by atoms with Gasteiger partial charge in [-0.15, -0.1) is 0 Å². The summed E-state index contributed by atoms with van der Waals surface area (Å²) in [6.45, 7) is 7.73. The van der Waals surface area contributed by atoms with Crippen LogP contribution in [0.2, 0.25) is 0 Å². The second kappa shape index (κ2) is 9.39. The molecule has 1 amide bonds. The summed E-state index contributed by atoms with van der Waals surface area (Å²) < 4.78 is 1.60. The van der Waals surface area contributed by atoms with Gasteiger partial charge >= 0.3 is 0 Å². The van der Waals surface area contributed by atoms with E-state index < -0.39 is 5.60 Å². The van der Waals surface area contributed by atoms with Crippen molar-refractivity contribution < 1.29 is 9.90 Å². The third kappa shape index (κ3) is 5.02. The lowest BCUT2D eigenvalue weighted by Gasteiger charge is -2.36. The Morgan fingerprint density at radius 2 is 1.91 bits per heavy atom. The molecule has 3 aromatic heterocycles. The van der Waals surface area contributed by atoms with Gasteiger partial charge in [0, 0.05) is 35.9 Å². The molecule has 9 heteroatoms. The highest BCUT2D eigenvalue weighted by molar-refractivity contribution is 5.99. The maximum atomic E-state index is 13.2. The molecule has 34 heavy (non-hydrogen) atoms. The van der Waals surface area contributed by atoms with Crippen molar-refractivity contribution in [2.45, 2.75) is 71.1 Å². The number of carbonyl (C=O) groups is 1. The summed E-state index contributed by atoms with van der Waals surface area (Å²) in [6, 6.07) is 5.79. The average molecular weight is 462 g/mol. The first-order valence-electron chi connectivity index (χ1n) is 11.7. The number of nitriles is 1. The molecule has 9 nitrogen and oxygen atoms in total. The third-order valence-corrected chi connectivity index (χ3v) is 6.39. The van der Waals surface area contributed by atoms with Crippen LogP contribution in [-0.2, 0) is 0 Å². The van der Waals surface area contributed by atoms with Crippen LogP contribution in [0.1, 0.15) is 69.3 Å². The molecule has 0 bridgehead atoms. The van der Waals surface area contributed by atoms with E-state index in [0.717, 1.165) is 31.1 Å². The van der Waals surface area contributed by atoms with Gasteiger partial charge in [0.1, 0.15) is 6.07 Å². The lowest BCUT2D eigenvalue weighted by molar-refractivity contribution is -0.00257. The van der Waals surface area contributed by atoms with E-state index in [2.05, 4.69) is 31.8 Å². The topological polar surface area (TPSA) is 129 Å². The molecular weight excluding hydrogens is 430 g/mol. The number of hydrogen-bond donors (Lipinski definition) is 3. The predicted octanol–water partition coefficient (Wildman–Crippen LogP) is 3.57. The van der Waals surface area contributed by atoms with Crippen LogP contribution in [0.4, 0.5) is 5.69 Å². The summed E-state index contributed by atoms with van der Waals surface area (Å²) >= 11 is 0. The molecule has 3 aromatic rings. The molecule has 0 aromatic carbocycles. The maximum Gasteiger partial charge on any atom is 0.255 e. The zero-order valence-electron chi connectivity index (χ0n) is 20.0. The first-order chi connectivity index (χ1) is 16.2. The molecular formula is C25H31N7O2. The Labute approximate surface area is 199 Å². The van der Waals surface area contributed by atoms with E-state index in [9.17, 15) is 9.90 Å². The monoisotopic (exact) mass is 461 g/mol. The zero-order chi connectivity index (χ0) is 24.5. The highest BCUT2D eigenvalue weighted by Crippen LogP contribution is 2.32. The van der Waals surface area contributed by atoms with Crippen LogP contribution in [0.3, 0.4) is 0 Å². The fourth-order valence-electron chi connectivity index (χ4n) is 4.53. The fourth-order valence-corrected chi connectivity index (χ4v) is 4.53. The fraction of sp³-hybridized carbons (Fsp3) is 0.480. The highest BCUT2D eigenvalue weighted by atomic mass is 16.3. The predicted molar refractivity (Wildman–Crippen MR) is 130 cm³/mol. The second-order valence-electron chi connectivity index (χ2n) is 9.87. The van der Waals surface area contributed by atoms with Gasteiger partial charge in [0.15, 0.2) is 11.5 Å². The van der Waals surface area contributed by atoms with E-state index in [1.165, 1.54) is 6.20 Å². The second-order valence-corrected chi connectivity index (χ2v) is 9.87. The largest absolute Gasteiger partial charge is 0.390 e. The van der Waals surface area contributed by atoms with Crippen molar-refractivity contribution in [2.24, 2.45) is 5.92 Å². The van der Waals surface area contributed by atoms with Gasteiger partial charge in [-0.25, -0.2) is 9.97 Å².